The van der Waals surface area contributed by atoms with Gasteiger partial charge in [-0.05, 0) is 29.8 Å². The maximum atomic E-state index is 12.9. The van der Waals surface area contributed by atoms with Crippen LogP contribution in [-0.2, 0) is 29.3 Å². The van der Waals surface area contributed by atoms with Crippen LogP contribution in [0.1, 0.15) is 11.3 Å². The van der Waals surface area contributed by atoms with Gasteiger partial charge in [0, 0.05) is 12.2 Å². The third-order valence-corrected chi connectivity index (χ3v) is 5.15. The Balaban J connectivity index is 1.56. The molecular formula is C21H21FN4O3S. The van der Waals surface area contributed by atoms with E-state index in [1.807, 2.05) is 30.3 Å². The molecule has 156 valence electrons. The van der Waals surface area contributed by atoms with E-state index in [1.165, 1.54) is 30.5 Å². The lowest BCUT2D eigenvalue weighted by Gasteiger charge is -2.11. The van der Waals surface area contributed by atoms with Crippen molar-refractivity contribution in [1.82, 2.24) is 14.9 Å². The van der Waals surface area contributed by atoms with Gasteiger partial charge in [0.25, 0.3) is 0 Å². The number of nitrogens with zero attached hydrogens (tertiary/aromatic N) is 2. The van der Waals surface area contributed by atoms with Crippen LogP contribution < -0.4 is 10.6 Å². The Kier molecular flexibility index (Phi) is 7.58. The lowest BCUT2D eigenvalue weighted by molar-refractivity contribution is -0.122. The smallest absolute Gasteiger partial charge is 0.240 e. The molecule has 1 aromatic heterocycles. The standard InChI is InChI=1S/C21H21FN4O3S/c22-16-6-8-17(9-7-16)25-20(29)14-30-21-24-11-18(13-27)26(21)12-19(28)23-10-15-4-2-1-3-5-15/h1-9,11,27H,10,12-14H2,(H,23,28)(H,25,29). The third-order valence-electron chi connectivity index (χ3n) is 4.16. The maximum absolute atomic E-state index is 12.9. The third kappa shape index (κ3) is 6.16. The zero-order valence-electron chi connectivity index (χ0n) is 16.0. The summed E-state index contributed by atoms with van der Waals surface area (Å²) in [5, 5.41) is 15.5. The normalized spacial score (nSPS) is 10.6. The monoisotopic (exact) mass is 428 g/mol. The highest BCUT2D eigenvalue weighted by Gasteiger charge is 2.15. The highest BCUT2D eigenvalue weighted by Crippen LogP contribution is 2.19. The molecule has 0 atom stereocenters. The van der Waals surface area contributed by atoms with Gasteiger partial charge in [0.15, 0.2) is 5.16 Å². The number of nitrogens with one attached hydrogen (secondary N) is 2. The summed E-state index contributed by atoms with van der Waals surface area (Å²) in [4.78, 5) is 28.7. The second kappa shape index (κ2) is 10.6. The molecule has 30 heavy (non-hydrogen) atoms. The fourth-order valence-corrected chi connectivity index (χ4v) is 3.46. The molecule has 0 bridgehead atoms. The second-order valence-corrected chi connectivity index (χ2v) is 7.32. The minimum atomic E-state index is -0.383. The summed E-state index contributed by atoms with van der Waals surface area (Å²) in [5.41, 5.74) is 1.94. The SMILES string of the molecule is O=C(Cn1c(CO)cnc1SCC(=O)Nc1ccc(F)cc1)NCc1ccccc1. The van der Waals surface area contributed by atoms with Gasteiger partial charge in [-0.2, -0.15) is 0 Å². The van der Waals surface area contributed by atoms with Crippen molar-refractivity contribution in [2.45, 2.75) is 24.9 Å². The van der Waals surface area contributed by atoms with Crippen LogP contribution in [-0.4, -0.2) is 32.2 Å². The molecule has 0 aliphatic rings. The number of thioether (sulfide) groups is 1. The van der Waals surface area contributed by atoms with Gasteiger partial charge in [-0.15, -0.1) is 0 Å². The molecule has 9 heteroatoms. The molecule has 0 unspecified atom stereocenters. The van der Waals surface area contributed by atoms with Crippen LogP contribution in [0.15, 0.2) is 66.0 Å². The maximum Gasteiger partial charge on any atom is 0.240 e. The number of carbonyl (C=O) groups excluding carboxylic acids is 2. The van der Waals surface area contributed by atoms with Gasteiger partial charge in [-0.25, -0.2) is 9.37 Å². The zero-order valence-corrected chi connectivity index (χ0v) is 16.9. The zero-order chi connectivity index (χ0) is 21.3. The molecule has 0 fully saturated rings. The predicted molar refractivity (Wildman–Crippen MR) is 112 cm³/mol. The summed E-state index contributed by atoms with van der Waals surface area (Å²) < 4.78 is 14.5. The fraction of sp³-hybridized carbons (Fsp3) is 0.190. The Bertz CT molecular complexity index is 993. The molecule has 3 N–H and O–H groups in total. The number of rotatable bonds is 9. The molecular weight excluding hydrogens is 407 g/mol. The number of hydrogen-bond acceptors (Lipinski definition) is 5. The number of imidazole rings is 1. The molecule has 0 spiro atoms. The summed E-state index contributed by atoms with van der Waals surface area (Å²) in [6.45, 7) is 0.0946. The van der Waals surface area contributed by atoms with E-state index < -0.39 is 0 Å². The van der Waals surface area contributed by atoms with E-state index in [-0.39, 0.29) is 36.5 Å². The molecule has 1 heterocycles. The largest absolute Gasteiger partial charge is 0.390 e. The number of benzene rings is 2. The van der Waals surface area contributed by atoms with Crippen LogP contribution in [0.25, 0.3) is 0 Å². The minimum Gasteiger partial charge on any atom is -0.390 e. The van der Waals surface area contributed by atoms with E-state index in [1.54, 1.807) is 4.57 Å². The summed E-state index contributed by atoms with van der Waals surface area (Å²) in [6, 6.07) is 15.0. The van der Waals surface area contributed by atoms with Gasteiger partial charge >= 0.3 is 0 Å². The quantitative estimate of drug-likeness (QED) is 0.455. The second-order valence-electron chi connectivity index (χ2n) is 6.38. The summed E-state index contributed by atoms with van der Waals surface area (Å²) in [7, 11) is 0. The van der Waals surface area contributed by atoms with Crippen molar-refractivity contribution in [1.29, 1.82) is 0 Å². The van der Waals surface area contributed by atoms with Crippen molar-refractivity contribution in [3.8, 4) is 0 Å². The molecule has 2 aromatic carbocycles. The van der Waals surface area contributed by atoms with E-state index in [2.05, 4.69) is 15.6 Å². The summed E-state index contributed by atoms with van der Waals surface area (Å²) >= 11 is 1.14. The van der Waals surface area contributed by atoms with Gasteiger partial charge in [-0.1, -0.05) is 42.1 Å². The fourth-order valence-electron chi connectivity index (χ4n) is 2.66. The van der Waals surface area contributed by atoms with Gasteiger partial charge < -0.3 is 20.3 Å². The number of carbonyl (C=O) groups is 2. The van der Waals surface area contributed by atoms with Crippen LogP contribution in [0, 0.1) is 5.82 Å². The van der Waals surface area contributed by atoms with Crippen LogP contribution in [0.3, 0.4) is 0 Å². The van der Waals surface area contributed by atoms with E-state index in [9.17, 15) is 19.1 Å². The molecule has 0 aliphatic heterocycles. The Morgan fingerprint density at radius 2 is 1.80 bits per heavy atom. The first-order chi connectivity index (χ1) is 14.5. The number of anilines is 1. The Morgan fingerprint density at radius 1 is 1.07 bits per heavy atom. The molecule has 3 rings (SSSR count). The molecule has 0 radical (unpaired) electrons. The highest BCUT2D eigenvalue weighted by atomic mass is 32.2. The Morgan fingerprint density at radius 3 is 2.50 bits per heavy atom. The van der Waals surface area contributed by atoms with Crippen molar-refractivity contribution >= 4 is 29.3 Å². The Hall–Kier alpha value is -3.17. The number of amides is 2. The lowest BCUT2D eigenvalue weighted by Crippen LogP contribution is -2.28. The molecule has 0 saturated heterocycles. The van der Waals surface area contributed by atoms with Gasteiger partial charge in [-0.3, -0.25) is 9.59 Å². The number of hydrogen-bond donors (Lipinski definition) is 3. The van der Waals surface area contributed by atoms with Gasteiger partial charge in [0.1, 0.15) is 12.4 Å². The van der Waals surface area contributed by atoms with Gasteiger partial charge in [0.2, 0.25) is 11.8 Å². The van der Waals surface area contributed by atoms with E-state index in [4.69, 9.17) is 0 Å². The average molecular weight is 428 g/mol. The molecule has 7 nitrogen and oxygen atoms in total. The summed E-state index contributed by atoms with van der Waals surface area (Å²) in [6.07, 6.45) is 1.48. The molecule has 3 aromatic rings. The lowest BCUT2D eigenvalue weighted by atomic mass is 10.2. The Labute approximate surface area is 177 Å². The minimum absolute atomic E-state index is 0.0232. The highest BCUT2D eigenvalue weighted by molar-refractivity contribution is 7.99. The van der Waals surface area contributed by atoms with Crippen LogP contribution in [0.2, 0.25) is 0 Å². The van der Waals surface area contributed by atoms with Crippen LogP contribution in [0.4, 0.5) is 10.1 Å². The summed E-state index contributed by atoms with van der Waals surface area (Å²) in [5.74, 6) is -0.860. The van der Waals surface area contributed by atoms with Crippen LogP contribution in [0.5, 0.6) is 0 Å². The first-order valence-corrected chi connectivity index (χ1v) is 10.2. The van der Waals surface area contributed by atoms with Crippen molar-refractivity contribution in [3.05, 3.63) is 77.9 Å². The molecule has 2 amide bonds. The topological polar surface area (TPSA) is 96.2 Å². The number of aliphatic hydroxyl groups is 1. The van der Waals surface area contributed by atoms with Crippen molar-refractivity contribution in [2.75, 3.05) is 11.1 Å². The molecule has 0 saturated carbocycles. The van der Waals surface area contributed by atoms with E-state index >= 15 is 0 Å². The average Bonchev–Trinajstić information content (AvgIpc) is 3.14. The van der Waals surface area contributed by atoms with Crippen molar-refractivity contribution < 1.29 is 19.1 Å². The number of aliphatic hydroxyl groups excluding tert-OH is 1. The molecule has 0 aliphatic carbocycles. The van der Waals surface area contributed by atoms with E-state index in [0.29, 0.717) is 23.1 Å². The van der Waals surface area contributed by atoms with Crippen LogP contribution >= 0.6 is 11.8 Å². The van der Waals surface area contributed by atoms with Gasteiger partial charge in [0.05, 0.1) is 24.3 Å². The number of aromatic nitrogens is 2. The van der Waals surface area contributed by atoms with E-state index in [0.717, 1.165) is 17.3 Å². The predicted octanol–water partition coefficient (Wildman–Crippen LogP) is 2.56. The first-order valence-electron chi connectivity index (χ1n) is 9.19. The van der Waals surface area contributed by atoms with Crippen molar-refractivity contribution in [3.63, 3.8) is 0 Å². The van der Waals surface area contributed by atoms with Crippen molar-refractivity contribution in [2.24, 2.45) is 0 Å². The first kappa shape index (κ1) is 21.5. The number of halogens is 1.